The number of imidazole rings is 1. The predicted octanol–water partition coefficient (Wildman–Crippen LogP) is 3.03. The fraction of sp³-hybridized carbons (Fsp3) is 0.333. The van der Waals surface area contributed by atoms with E-state index >= 15 is 0 Å². The van der Waals surface area contributed by atoms with Crippen molar-refractivity contribution in [1.29, 1.82) is 0 Å². The van der Waals surface area contributed by atoms with Gasteiger partial charge in [-0.05, 0) is 44.9 Å². The summed E-state index contributed by atoms with van der Waals surface area (Å²) in [5.74, 6) is -1.50. The minimum absolute atomic E-state index is 0.0800. The fourth-order valence-corrected chi connectivity index (χ4v) is 4.40. The van der Waals surface area contributed by atoms with E-state index in [2.05, 4.69) is 9.97 Å². The number of aliphatic hydroxyl groups is 1. The maximum atomic E-state index is 13.2. The number of nitrogens with one attached hydrogen (secondary N) is 1. The van der Waals surface area contributed by atoms with E-state index in [0.717, 1.165) is 0 Å². The largest absolute Gasteiger partial charge is 0.507 e. The first kappa shape index (κ1) is 23.1. The first-order valence-electron chi connectivity index (χ1n) is 10.8. The average Bonchev–Trinajstić information content (AvgIpc) is 3.58. The molecule has 1 aliphatic heterocycles. The molecule has 10 heteroatoms. The molecular weight excluding hydrogens is 440 g/mol. The van der Waals surface area contributed by atoms with Crippen molar-refractivity contribution < 1.29 is 28.6 Å². The number of H-pyrrole nitrogens is 1. The van der Waals surface area contributed by atoms with Gasteiger partial charge in [0, 0.05) is 36.7 Å². The number of hydrogen-bond donors (Lipinski definition) is 2. The van der Waals surface area contributed by atoms with Crippen LogP contribution < -0.4 is 0 Å². The van der Waals surface area contributed by atoms with E-state index in [1.54, 1.807) is 45.4 Å². The van der Waals surface area contributed by atoms with E-state index in [9.17, 15) is 19.5 Å². The molecule has 0 aliphatic carbocycles. The molecule has 10 nitrogen and oxygen atoms in total. The van der Waals surface area contributed by atoms with Gasteiger partial charge in [0.15, 0.2) is 0 Å². The number of hydrogen-bond acceptors (Lipinski definition) is 7. The number of furan rings is 1. The third kappa shape index (κ3) is 3.91. The van der Waals surface area contributed by atoms with Crippen molar-refractivity contribution in [3.8, 4) is 0 Å². The summed E-state index contributed by atoms with van der Waals surface area (Å²) in [5, 5.41) is 11.3. The number of ketones is 1. The third-order valence-corrected chi connectivity index (χ3v) is 6.01. The van der Waals surface area contributed by atoms with Gasteiger partial charge in [0.05, 0.1) is 19.0 Å². The Morgan fingerprint density at radius 2 is 2.00 bits per heavy atom. The molecule has 0 aromatic carbocycles. The lowest BCUT2D eigenvalue weighted by molar-refractivity contribution is -0.140. The zero-order chi connectivity index (χ0) is 24.6. The summed E-state index contributed by atoms with van der Waals surface area (Å²) in [5.41, 5.74) is 1.26. The number of amides is 1. The summed E-state index contributed by atoms with van der Waals surface area (Å²) in [4.78, 5) is 46.7. The summed E-state index contributed by atoms with van der Waals surface area (Å²) in [6, 6.07) is 2.54. The highest BCUT2D eigenvalue weighted by molar-refractivity contribution is 6.46. The Hall–Kier alpha value is -4.08. The number of carbonyl (C=O) groups excluding carboxylic acids is 3. The Morgan fingerprint density at radius 1 is 1.24 bits per heavy atom. The Balaban J connectivity index is 1.78. The van der Waals surface area contributed by atoms with E-state index in [-0.39, 0.29) is 29.1 Å². The molecule has 1 unspecified atom stereocenters. The lowest BCUT2D eigenvalue weighted by Crippen LogP contribution is -2.31. The normalized spacial score (nSPS) is 17.5. The molecule has 1 aliphatic rings. The zero-order valence-corrected chi connectivity index (χ0v) is 19.4. The summed E-state index contributed by atoms with van der Waals surface area (Å²) in [7, 11) is 1.26. The van der Waals surface area contributed by atoms with E-state index in [1.807, 2.05) is 10.8 Å². The van der Waals surface area contributed by atoms with Crippen LogP contribution in [0.15, 0.2) is 40.8 Å². The van der Waals surface area contributed by atoms with E-state index in [4.69, 9.17) is 9.15 Å². The number of aryl methyl sites for hydroxylation is 3. The van der Waals surface area contributed by atoms with Crippen molar-refractivity contribution in [1.82, 2.24) is 19.4 Å². The molecule has 0 spiro atoms. The quantitative estimate of drug-likeness (QED) is 0.237. The predicted molar refractivity (Wildman–Crippen MR) is 121 cm³/mol. The molecule has 4 rings (SSSR count). The maximum absolute atomic E-state index is 13.2. The molecule has 178 valence electrons. The minimum Gasteiger partial charge on any atom is -0.507 e. The van der Waals surface area contributed by atoms with Crippen molar-refractivity contribution in [2.24, 2.45) is 0 Å². The number of aromatic amines is 1. The molecule has 1 saturated heterocycles. The first-order chi connectivity index (χ1) is 16.2. The van der Waals surface area contributed by atoms with Crippen LogP contribution in [0.4, 0.5) is 0 Å². The summed E-state index contributed by atoms with van der Waals surface area (Å²) in [6.45, 7) is 5.94. The molecule has 1 amide bonds. The number of carbonyl (C=O) groups is 3. The van der Waals surface area contributed by atoms with Gasteiger partial charge in [-0.3, -0.25) is 9.59 Å². The summed E-state index contributed by atoms with van der Waals surface area (Å²) in [6.07, 6.45) is 5.73. The number of ether oxygens (including phenoxy) is 1. The van der Waals surface area contributed by atoms with Crippen LogP contribution in [0.25, 0.3) is 5.76 Å². The van der Waals surface area contributed by atoms with Gasteiger partial charge in [-0.25, -0.2) is 9.78 Å². The average molecular weight is 466 g/mol. The Morgan fingerprint density at radius 3 is 2.62 bits per heavy atom. The van der Waals surface area contributed by atoms with Crippen molar-refractivity contribution in [2.45, 2.75) is 39.8 Å². The molecule has 2 N–H and O–H groups in total. The van der Waals surface area contributed by atoms with Crippen LogP contribution in [-0.2, 0) is 20.9 Å². The molecule has 3 aromatic rings. The number of aromatic nitrogens is 3. The highest BCUT2D eigenvalue weighted by Gasteiger charge is 2.47. The number of nitrogens with zero attached hydrogens (tertiary/aromatic N) is 3. The first-order valence-corrected chi connectivity index (χ1v) is 10.8. The lowest BCUT2D eigenvalue weighted by Gasteiger charge is -2.23. The molecule has 34 heavy (non-hydrogen) atoms. The Bertz CT molecular complexity index is 1280. The van der Waals surface area contributed by atoms with Gasteiger partial charge in [-0.2, -0.15) is 0 Å². The number of aliphatic hydroxyl groups excluding tert-OH is 1. The van der Waals surface area contributed by atoms with Crippen LogP contribution in [0.5, 0.6) is 0 Å². The van der Waals surface area contributed by atoms with Gasteiger partial charge in [-0.1, -0.05) is 0 Å². The zero-order valence-electron chi connectivity index (χ0n) is 19.4. The topological polar surface area (TPSA) is 131 Å². The monoisotopic (exact) mass is 466 g/mol. The number of Topliss-reactive ketones (excluding diaryl/α,β-unsaturated/α-hetero) is 1. The molecule has 1 fully saturated rings. The smallest absolute Gasteiger partial charge is 0.354 e. The van der Waals surface area contributed by atoms with Crippen LogP contribution in [0.1, 0.15) is 51.3 Å². The van der Waals surface area contributed by atoms with Crippen LogP contribution in [0, 0.1) is 20.8 Å². The van der Waals surface area contributed by atoms with Gasteiger partial charge in [0.2, 0.25) is 0 Å². The highest BCUT2D eigenvalue weighted by atomic mass is 16.5. The van der Waals surface area contributed by atoms with E-state index < -0.39 is 23.7 Å². The van der Waals surface area contributed by atoms with Crippen molar-refractivity contribution in [2.75, 3.05) is 13.7 Å². The fourth-order valence-electron chi connectivity index (χ4n) is 4.40. The van der Waals surface area contributed by atoms with Gasteiger partial charge in [0.25, 0.3) is 11.7 Å². The second-order valence-electron chi connectivity index (χ2n) is 8.21. The molecule has 4 heterocycles. The molecular formula is C24H26N4O6. The second-order valence-corrected chi connectivity index (χ2v) is 8.21. The molecule has 1 atom stereocenters. The van der Waals surface area contributed by atoms with Crippen LogP contribution in [-0.4, -0.2) is 55.9 Å². The van der Waals surface area contributed by atoms with Crippen LogP contribution in [0.2, 0.25) is 0 Å². The number of methoxy groups -OCH3 is 1. The van der Waals surface area contributed by atoms with E-state index in [0.29, 0.717) is 35.7 Å². The van der Waals surface area contributed by atoms with Crippen LogP contribution >= 0.6 is 0 Å². The van der Waals surface area contributed by atoms with Crippen molar-refractivity contribution >= 4 is 23.4 Å². The van der Waals surface area contributed by atoms with Gasteiger partial charge in [0.1, 0.15) is 29.0 Å². The van der Waals surface area contributed by atoms with Crippen LogP contribution in [0.3, 0.4) is 0 Å². The SMILES string of the molecule is COC(=O)c1[nH]c(C)c(C(O)=C2C(=O)C(=O)N(CCCn3ccnc3)C2c2ccc(C)o2)c1C. The summed E-state index contributed by atoms with van der Waals surface area (Å²) >= 11 is 0. The summed E-state index contributed by atoms with van der Waals surface area (Å²) < 4.78 is 12.5. The Kier molecular flexibility index (Phi) is 6.14. The minimum atomic E-state index is -0.897. The van der Waals surface area contributed by atoms with Crippen molar-refractivity contribution in [3.63, 3.8) is 0 Å². The second kappa shape index (κ2) is 9.05. The molecule has 0 bridgehead atoms. The molecule has 0 saturated carbocycles. The third-order valence-electron chi connectivity index (χ3n) is 6.01. The molecule has 0 radical (unpaired) electrons. The Labute approximate surface area is 195 Å². The number of esters is 1. The highest BCUT2D eigenvalue weighted by Crippen LogP contribution is 2.41. The van der Waals surface area contributed by atoms with E-state index in [1.165, 1.54) is 12.0 Å². The maximum Gasteiger partial charge on any atom is 0.354 e. The van der Waals surface area contributed by atoms with Gasteiger partial charge < -0.3 is 28.7 Å². The standard InChI is InChI=1S/C24H26N4O6/c1-13-6-7-16(34-13)20-18(21(29)17-14(2)19(24(32)33-4)26-15(17)3)22(30)23(31)28(20)10-5-9-27-11-8-25-12-27/h6-8,11-12,20,26,29H,5,9-10H2,1-4H3. The molecule has 3 aromatic heterocycles. The number of likely N-dealkylation sites (tertiary alicyclic amines) is 1. The van der Waals surface area contributed by atoms with Crippen molar-refractivity contribution in [3.05, 3.63) is 70.5 Å². The number of rotatable bonds is 7. The lowest BCUT2D eigenvalue weighted by atomic mass is 9.97. The van der Waals surface area contributed by atoms with Gasteiger partial charge >= 0.3 is 5.97 Å². The van der Waals surface area contributed by atoms with Gasteiger partial charge in [-0.15, -0.1) is 0 Å².